The van der Waals surface area contributed by atoms with E-state index in [0.717, 1.165) is 42.9 Å². The molecule has 1 aromatic carbocycles. The standard InChI is InChI=1S/C17H21ClN4O3/c1-12-10-14(22(24)25)11-15(18)17(12)20-6-3-13(4-7-20)16-2-5-19-21(16)8-9-23/h2,5,10-11,13,23H,3-4,6-9H2,1H3. The van der Waals surface area contributed by atoms with Crippen LogP contribution in [-0.4, -0.2) is 39.5 Å². The van der Waals surface area contributed by atoms with E-state index in [0.29, 0.717) is 17.5 Å². The molecular formula is C17H21ClN4O3. The number of nitrogens with zero attached hydrogens (tertiary/aromatic N) is 4. The van der Waals surface area contributed by atoms with Crippen LogP contribution in [0.2, 0.25) is 5.02 Å². The number of aryl methyl sites for hydroxylation is 1. The van der Waals surface area contributed by atoms with Gasteiger partial charge in [0.2, 0.25) is 0 Å². The van der Waals surface area contributed by atoms with Crippen molar-refractivity contribution >= 4 is 23.0 Å². The number of piperidine rings is 1. The third-order valence-corrected chi connectivity index (χ3v) is 5.03. The molecule has 0 aliphatic carbocycles. The molecule has 0 unspecified atom stereocenters. The quantitative estimate of drug-likeness (QED) is 0.650. The Hall–Kier alpha value is -2.12. The molecule has 1 aliphatic heterocycles. The molecule has 2 aromatic rings. The van der Waals surface area contributed by atoms with Crippen molar-refractivity contribution in [3.63, 3.8) is 0 Å². The predicted molar refractivity (Wildman–Crippen MR) is 96.3 cm³/mol. The number of nitro groups is 1. The molecule has 8 heteroatoms. The van der Waals surface area contributed by atoms with Crippen LogP contribution < -0.4 is 4.90 Å². The van der Waals surface area contributed by atoms with E-state index in [4.69, 9.17) is 16.7 Å². The predicted octanol–water partition coefficient (Wildman–Crippen LogP) is 3.13. The molecule has 2 heterocycles. The summed E-state index contributed by atoms with van der Waals surface area (Å²) in [7, 11) is 0. The molecule has 3 rings (SSSR count). The lowest BCUT2D eigenvalue weighted by atomic mass is 9.92. The number of nitro benzene ring substituents is 1. The van der Waals surface area contributed by atoms with Crippen LogP contribution in [0.25, 0.3) is 0 Å². The van der Waals surface area contributed by atoms with E-state index >= 15 is 0 Å². The highest BCUT2D eigenvalue weighted by atomic mass is 35.5. The fraction of sp³-hybridized carbons (Fsp3) is 0.471. The summed E-state index contributed by atoms with van der Waals surface area (Å²) >= 11 is 6.33. The van der Waals surface area contributed by atoms with Crippen LogP contribution in [0.5, 0.6) is 0 Å². The van der Waals surface area contributed by atoms with Crippen LogP contribution in [0, 0.1) is 17.0 Å². The van der Waals surface area contributed by atoms with Crippen molar-refractivity contribution in [1.29, 1.82) is 0 Å². The minimum absolute atomic E-state index is 0.0223. The lowest BCUT2D eigenvalue weighted by Gasteiger charge is -2.35. The van der Waals surface area contributed by atoms with E-state index in [9.17, 15) is 10.1 Å². The summed E-state index contributed by atoms with van der Waals surface area (Å²) in [6.45, 7) is 4.10. The number of hydrogen-bond donors (Lipinski definition) is 1. The number of anilines is 1. The molecule has 7 nitrogen and oxygen atoms in total. The normalized spacial score (nSPS) is 15.6. The highest BCUT2D eigenvalue weighted by Gasteiger charge is 2.26. The van der Waals surface area contributed by atoms with Gasteiger partial charge in [0.1, 0.15) is 0 Å². The fourth-order valence-corrected chi connectivity index (χ4v) is 3.97. The minimum Gasteiger partial charge on any atom is -0.394 e. The van der Waals surface area contributed by atoms with Crippen LogP contribution in [0.15, 0.2) is 24.4 Å². The second-order valence-electron chi connectivity index (χ2n) is 6.31. The Balaban J connectivity index is 1.74. The fourth-order valence-electron chi connectivity index (χ4n) is 3.59. The molecule has 0 radical (unpaired) electrons. The Kier molecular flexibility index (Phi) is 5.24. The lowest BCUT2D eigenvalue weighted by molar-refractivity contribution is -0.384. The van der Waals surface area contributed by atoms with E-state index in [1.165, 1.54) is 6.07 Å². The number of hydrogen-bond acceptors (Lipinski definition) is 5. The Bertz CT molecular complexity index is 746. The van der Waals surface area contributed by atoms with Crippen LogP contribution >= 0.6 is 11.6 Å². The van der Waals surface area contributed by atoms with Crippen LogP contribution in [0.1, 0.15) is 30.0 Å². The Morgan fingerprint density at radius 3 is 2.72 bits per heavy atom. The van der Waals surface area contributed by atoms with Crippen molar-refractivity contribution in [3.8, 4) is 0 Å². The van der Waals surface area contributed by atoms with E-state index in [1.54, 1.807) is 12.3 Å². The molecule has 0 bridgehead atoms. The number of non-ortho nitro benzene ring substituents is 1. The number of aliphatic hydroxyl groups is 1. The summed E-state index contributed by atoms with van der Waals surface area (Å²) in [5.74, 6) is 0.391. The van der Waals surface area contributed by atoms with Gasteiger partial charge in [0.15, 0.2) is 0 Å². The molecule has 25 heavy (non-hydrogen) atoms. The smallest absolute Gasteiger partial charge is 0.271 e. The van der Waals surface area contributed by atoms with Crippen LogP contribution in [0.3, 0.4) is 0 Å². The van der Waals surface area contributed by atoms with E-state index in [1.807, 2.05) is 17.7 Å². The largest absolute Gasteiger partial charge is 0.394 e. The van der Waals surface area contributed by atoms with Crippen molar-refractivity contribution in [2.45, 2.75) is 32.2 Å². The zero-order valence-corrected chi connectivity index (χ0v) is 14.8. The third-order valence-electron chi connectivity index (χ3n) is 4.74. The first-order valence-corrected chi connectivity index (χ1v) is 8.71. The van der Waals surface area contributed by atoms with Gasteiger partial charge >= 0.3 is 0 Å². The number of benzene rings is 1. The molecule has 1 saturated heterocycles. The highest BCUT2D eigenvalue weighted by molar-refractivity contribution is 6.33. The molecular weight excluding hydrogens is 344 g/mol. The number of aliphatic hydroxyl groups excluding tert-OH is 1. The van der Waals surface area contributed by atoms with Crippen molar-refractivity contribution in [1.82, 2.24) is 9.78 Å². The van der Waals surface area contributed by atoms with Gasteiger partial charge in [-0.1, -0.05) is 11.6 Å². The van der Waals surface area contributed by atoms with E-state index in [-0.39, 0.29) is 12.3 Å². The molecule has 1 fully saturated rings. The van der Waals surface area contributed by atoms with Gasteiger partial charge in [-0.2, -0.15) is 5.10 Å². The Morgan fingerprint density at radius 1 is 1.40 bits per heavy atom. The summed E-state index contributed by atoms with van der Waals surface area (Å²) in [4.78, 5) is 12.7. The molecule has 0 spiro atoms. The van der Waals surface area contributed by atoms with Gasteiger partial charge in [-0.15, -0.1) is 0 Å². The van der Waals surface area contributed by atoms with Crippen LogP contribution in [-0.2, 0) is 6.54 Å². The first kappa shape index (κ1) is 17.7. The summed E-state index contributed by atoms with van der Waals surface area (Å²) < 4.78 is 1.87. The number of rotatable bonds is 5. The van der Waals surface area contributed by atoms with Crippen LogP contribution in [0.4, 0.5) is 11.4 Å². The van der Waals surface area contributed by atoms with Gasteiger partial charge in [-0.3, -0.25) is 14.8 Å². The highest BCUT2D eigenvalue weighted by Crippen LogP contribution is 2.37. The van der Waals surface area contributed by atoms with Gasteiger partial charge in [-0.05, 0) is 31.4 Å². The molecule has 134 valence electrons. The Labute approximate surface area is 151 Å². The van der Waals surface area contributed by atoms with Crippen molar-refractivity contribution in [2.24, 2.45) is 0 Å². The van der Waals surface area contributed by atoms with Gasteiger partial charge in [0.25, 0.3) is 5.69 Å². The zero-order chi connectivity index (χ0) is 18.0. The third kappa shape index (κ3) is 3.62. The van der Waals surface area contributed by atoms with Crippen molar-refractivity contribution in [3.05, 3.63) is 50.8 Å². The first-order valence-electron chi connectivity index (χ1n) is 8.33. The van der Waals surface area contributed by atoms with Gasteiger partial charge in [0, 0.05) is 43.0 Å². The van der Waals surface area contributed by atoms with E-state index in [2.05, 4.69) is 10.00 Å². The molecule has 0 atom stereocenters. The minimum atomic E-state index is -0.419. The summed E-state index contributed by atoms with van der Waals surface area (Å²) in [5, 5.41) is 24.8. The second-order valence-corrected chi connectivity index (χ2v) is 6.72. The Morgan fingerprint density at radius 2 is 2.12 bits per heavy atom. The second kappa shape index (κ2) is 7.41. The molecule has 1 aromatic heterocycles. The lowest BCUT2D eigenvalue weighted by Crippen LogP contribution is -2.34. The molecule has 0 amide bonds. The summed E-state index contributed by atoms with van der Waals surface area (Å²) in [5.41, 5.74) is 2.88. The average molecular weight is 365 g/mol. The number of halogens is 1. The molecule has 1 N–H and O–H groups in total. The summed E-state index contributed by atoms with van der Waals surface area (Å²) in [6, 6.07) is 5.01. The van der Waals surface area contributed by atoms with Gasteiger partial charge in [-0.25, -0.2) is 0 Å². The number of aromatic nitrogens is 2. The zero-order valence-electron chi connectivity index (χ0n) is 14.1. The first-order chi connectivity index (χ1) is 12.0. The topological polar surface area (TPSA) is 84.4 Å². The van der Waals surface area contributed by atoms with Crippen molar-refractivity contribution in [2.75, 3.05) is 24.6 Å². The monoisotopic (exact) mass is 364 g/mol. The SMILES string of the molecule is Cc1cc([N+](=O)[O-])cc(Cl)c1N1CCC(c2ccnn2CCO)CC1. The van der Waals surface area contributed by atoms with Crippen molar-refractivity contribution < 1.29 is 10.0 Å². The van der Waals surface area contributed by atoms with Gasteiger partial charge in [0.05, 0.1) is 28.8 Å². The maximum Gasteiger partial charge on any atom is 0.271 e. The molecule has 0 saturated carbocycles. The maximum atomic E-state index is 11.0. The average Bonchev–Trinajstić information content (AvgIpc) is 3.03. The maximum absolute atomic E-state index is 11.0. The summed E-state index contributed by atoms with van der Waals surface area (Å²) in [6.07, 6.45) is 3.67. The van der Waals surface area contributed by atoms with Gasteiger partial charge < -0.3 is 10.0 Å². The van der Waals surface area contributed by atoms with E-state index < -0.39 is 4.92 Å². The molecule has 1 aliphatic rings.